The van der Waals surface area contributed by atoms with Gasteiger partial charge in [-0.2, -0.15) is 0 Å². The SMILES string of the molecule is COC(=O)CN1CCN(CC(=O)O)CCN(CCO)CCN(CC(=O)NCCN(C)C)CC1. The van der Waals surface area contributed by atoms with Crippen molar-refractivity contribution in [3.63, 3.8) is 0 Å². The van der Waals surface area contributed by atoms with Gasteiger partial charge in [0, 0.05) is 72.0 Å². The van der Waals surface area contributed by atoms with Crippen molar-refractivity contribution in [2.75, 3.05) is 119 Å². The number of aliphatic carboxylic acids is 1. The standard InChI is InChI=1S/C21H42N6O6/c1-23(2)5-4-22-19(29)16-25-8-6-24(14-15-28)7-9-26(17-20(30)31)11-13-27(12-10-25)18-21(32)33-3/h28H,4-18H2,1-3H3,(H,22,29)(H,30,31). The van der Waals surface area contributed by atoms with E-state index in [9.17, 15) is 24.6 Å². The number of ether oxygens (including phenoxy) is 1. The van der Waals surface area contributed by atoms with Gasteiger partial charge in [-0.15, -0.1) is 0 Å². The van der Waals surface area contributed by atoms with Gasteiger partial charge in [-0.1, -0.05) is 0 Å². The third-order valence-corrected chi connectivity index (χ3v) is 5.53. The van der Waals surface area contributed by atoms with Crippen molar-refractivity contribution >= 4 is 17.8 Å². The lowest BCUT2D eigenvalue weighted by Crippen LogP contribution is -2.49. The largest absolute Gasteiger partial charge is 0.480 e. The normalized spacial score (nSPS) is 18.5. The van der Waals surface area contributed by atoms with E-state index >= 15 is 0 Å². The van der Waals surface area contributed by atoms with Crippen LogP contribution in [0.1, 0.15) is 0 Å². The van der Waals surface area contributed by atoms with Crippen LogP contribution in [-0.2, 0) is 19.1 Å². The number of methoxy groups -OCH3 is 1. The average Bonchev–Trinajstić information content (AvgIpc) is 2.74. The quantitative estimate of drug-likeness (QED) is 0.267. The third-order valence-electron chi connectivity index (χ3n) is 5.53. The Morgan fingerprint density at radius 1 is 0.848 bits per heavy atom. The van der Waals surface area contributed by atoms with E-state index in [-0.39, 0.29) is 38.1 Å². The minimum absolute atomic E-state index is 0.0108. The van der Waals surface area contributed by atoms with Gasteiger partial charge >= 0.3 is 11.9 Å². The lowest BCUT2D eigenvalue weighted by molar-refractivity contribution is -0.142. The van der Waals surface area contributed by atoms with Crippen molar-refractivity contribution in [1.29, 1.82) is 0 Å². The second-order valence-electron chi connectivity index (χ2n) is 8.52. The highest BCUT2D eigenvalue weighted by Crippen LogP contribution is 2.01. The van der Waals surface area contributed by atoms with E-state index in [1.54, 1.807) is 0 Å². The molecule has 12 nitrogen and oxygen atoms in total. The highest BCUT2D eigenvalue weighted by atomic mass is 16.5. The number of aliphatic hydroxyl groups is 1. The molecule has 0 aromatic heterocycles. The van der Waals surface area contributed by atoms with Gasteiger partial charge in [0.1, 0.15) is 0 Å². The summed E-state index contributed by atoms with van der Waals surface area (Å²) in [4.78, 5) is 45.5. The monoisotopic (exact) mass is 474 g/mol. The van der Waals surface area contributed by atoms with Crippen molar-refractivity contribution in [2.45, 2.75) is 0 Å². The molecular formula is C21H42N6O6. The maximum Gasteiger partial charge on any atom is 0.319 e. The summed E-state index contributed by atoms with van der Waals surface area (Å²) in [6.07, 6.45) is 0. The molecule has 0 aromatic carbocycles. The first kappa shape index (κ1) is 29.2. The van der Waals surface area contributed by atoms with Gasteiger partial charge in [0.2, 0.25) is 5.91 Å². The number of likely N-dealkylation sites (N-methyl/N-ethyl adjacent to an activating group) is 1. The molecule has 1 amide bonds. The first-order chi connectivity index (χ1) is 15.7. The predicted molar refractivity (Wildman–Crippen MR) is 124 cm³/mol. The molecule has 1 rings (SSSR count). The second kappa shape index (κ2) is 16.7. The number of carbonyl (C=O) groups excluding carboxylic acids is 2. The Bertz CT molecular complexity index is 594. The van der Waals surface area contributed by atoms with Crippen LogP contribution in [0.5, 0.6) is 0 Å². The molecule has 0 aliphatic carbocycles. The second-order valence-corrected chi connectivity index (χ2v) is 8.52. The van der Waals surface area contributed by atoms with Crippen LogP contribution in [0.2, 0.25) is 0 Å². The summed E-state index contributed by atoms with van der Waals surface area (Å²) in [6.45, 7) is 6.60. The Hall–Kier alpha value is -1.83. The number of rotatable bonds is 11. The number of nitrogens with zero attached hydrogens (tertiary/aromatic N) is 5. The van der Waals surface area contributed by atoms with Crippen molar-refractivity contribution in [1.82, 2.24) is 29.8 Å². The minimum Gasteiger partial charge on any atom is -0.480 e. The molecule has 1 saturated heterocycles. The number of carboxylic acid groups (broad SMARTS) is 1. The minimum atomic E-state index is -0.901. The Morgan fingerprint density at radius 3 is 1.79 bits per heavy atom. The zero-order valence-electron chi connectivity index (χ0n) is 20.4. The fraction of sp³-hybridized carbons (Fsp3) is 0.857. The van der Waals surface area contributed by atoms with Crippen LogP contribution in [0.3, 0.4) is 0 Å². The fourth-order valence-electron chi connectivity index (χ4n) is 3.53. The molecule has 1 aliphatic heterocycles. The molecule has 1 fully saturated rings. The number of β-amino-alcohol motifs (C(OH)–C–C–N with tert-alkyl or cyclic N) is 1. The number of esters is 1. The Kier molecular flexibility index (Phi) is 14.8. The van der Waals surface area contributed by atoms with Crippen molar-refractivity contribution < 1.29 is 29.3 Å². The summed E-state index contributed by atoms with van der Waals surface area (Å²) in [5.41, 5.74) is 0. The zero-order chi connectivity index (χ0) is 24.6. The van der Waals surface area contributed by atoms with Gasteiger partial charge in [0.05, 0.1) is 33.4 Å². The molecule has 192 valence electrons. The predicted octanol–water partition coefficient (Wildman–Crippen LogP) is -2.86. The van der Waals surface area contributed by atoms with Crippen molar-refractivity contribution in [3.8, 4) is 0 Å². The lowest BCUT2D eigenvalue weighted by atomic mass is 10.3. The molecule has 33 heavy (non-hydrogen) atoms. The van der Waals surface area contributed by atoms with Crippen molar-refractivity contribution in [2.24, 2.45) is 0 Å². The maximum absolute atomic E-state index is 12.5. The maximum atomic E-state index is 12.5. The average molecular weight is 475 g/mol. The summed E-state index contributed by atoms with van der Waals surface area (Å²) >= 11 is 0. The first-order valence-electron chi connectivity index (χ1n) is 11.4. The van der Waals surface area contributed by atoms with Crippen LogP contribution in [0.15, 0.2) is 0 Å². The van der Waals surface area contributed by atoms with Crippen LogP contribution in [0.4, 0.5) is 0 Å². The molecule has 0 radical (unpaired) electrons. The topological polar surface area (TPSA) is 129 Å². The number of carbonyl (C=O) groups is 3. The molecule has 1 aliphatic rings. The summed E-state index contributed by atoms with van der Waals surface area (Å²) in [7, 11) is 5.24. The van der Waals surface area contributed by atoms with Crippen molar-refractivity contribution in [3.05, 3.63) is 0 Å². The number of carboxylic acids is 1. The Morgan fingerprint density at radius 2 is 1.33 bits per heavy atom. The summed E-state index contributed by atoms with van der Waals surface area (Å²) in [5, 5.41) is 21.6. The number of hydrogen-bond donors (Lipinski definition) is 3. The van der Waals surface area contributed by atoms with E-state index < -0.39 is 5.97 Å². The van der Waals surface area contributed by atoms with E-state index in [1.807, 2.05) is 28.8 Å². The highest BCUT2D eigenvalue weighted by molar-refractivity contribution is 5.78. The summed E-state index contributed by atoms with van der Waals surface area (Å²) < 4.78 is 4.81. The smallest absolute Gasteiger partial charge is 0.319 e. The van der Waals surface area contributed by atoms with Gasteiger partial charge in [-0.3, -0.25) is 34.0 Å². The van der Waals surface area contributed by atoms with Crippen LogP contribution in [0, 0.1) is 0 Å². The molecular weight excluding hydrogens is 432 g/mol. The molecule has 0 unspecified atom stereocenters. The molecule has 0 bridgehead atoms. The molecule has 0 aromatic rings. The molecule has 0 saturated carbocycles. The first-order valence-corrected chi connectivity index (χ1v) is 11.4. The van der Waals surface area contributed by atoms with E-state index in [4.69, 9.17) is 4.74 Å². The van der Waals surface area contributed by atoms with Gasteiger partial charge < -0.3 is 25.2 Å². The lowest BCUT2D eigenvalue weighted by Gasteiger charge is -2.33. The Balaban J connectivity index is 2.85. The van der Waals surface area contributed by atoms with Gasteiger partial charge in [-0.25, -0.2) is 0 Å². The van der Waals surface area contributed by atoms with Crippen LogP contribution in [-0.4, -0.2) is 172 Å². The van der Waals surface area contributed by atoms with Crippen LogP contribution < -0.4 is 5.32 Å². The third kappa shape index (κ3) is 14.1. The van der Waals surface area contributed by atoms with Crippen LogP contribution >= 0.6 is 0 Å². The number of aliphatic hydroxyl groups excluding tert-OH is 1. The van der Waals surface area contributed by atoms with Gasteiger partial charge in [0.25, 0.3) is 0 Å². The van der Waals surface area contributed by atoms with Crippen LogP contribution in [0.25, 0.3) is 0 Å². The summed E-state index contributed by atoms with van der Waals surface area (Å²) in [5.74, 6) is -1.31. The molecule has 3 N–H and O–H groups in total. The number of hydrogen-bond acceptors (Lipinski definition) is 10. The molecule has 0 atom stereocenters. The fourth-order valence-corrected chi connectivity index (χ4v) is 3.53. The van der Waals surface area contributed by atoms with E-state index in [0.29, 0.717) is 65.4 Å². The Labute approximate surface area is 197 Å². The number of amides is 1. The molecule has 12 heteroatoms. The van der Waals surface area contributed by atoms with E-state index in [2.05, 4.69) is 15.1 Å². The summed E-state index contributed by atoms with van der Waals surface area (Å²) in [6, 6.07) is 0. The highest BCUT2D eigenvalue weighted by Gasteiger charge is 2.20. The number of nitrogens with one attached hydrogen (secondary N) is 1. The van der Waals surface area contributed by atoms with Gasteiger partial charge in [-0.05, 0) is 14.1 Å². The molecule has 1 heterocycles. The zero-order valence-corrected chi connectivity index (χ0v) is 20.4. The van der Waals surface area contributed by atoms with E-state index in [1.165, 1.54) is 7.11 Å². The molecule has 0 spiro atoms. The van der Waals surface area contributed by atoms with Gasteiger partial charge in [0.15, 0.2) is 0 Å². The van der Waals surface area contributed by atoms with E-state index in [0.717, 1.165) is 6.54 Å².